The molecule has 1 aromatic carbocycles. The van der Waals surface area contributed by atoms with Crippen molar-refractivity contribution >= 4 is 11.9 Å². The van der Waals surface area contributed by atoms with Crippen LogP contribution in [0.4, 0.5) is 4.79 Å². The van der Waals surface area contributed by atoms with Gasteiger partial charge in [-0.3, -0.25) is 4.79 Å². The van der Waals surface area contributed by atoms with Crippen molar-refractivity contribution in [2.45, 2.75) is 38.3 Å². The van der Waals surface area contributed by atoms with E-state index in [1.807, 2.05) is 30.3 Å². The monoisotopic (exact) mass is 411 g/mol. The Labute approximate surface area is 176 Å². The van der Waals surface area contributed by atoms with Crippen molar-refractivity contribution < 1.29 is 18.7 Å². The molecule has 7 nitrogen and oxygen atoms in total. The fraction of sp³-hybridized carbons (Fsp3) is 0.478. The van der Waals surface area contributed by atoms with Gasteiger partial charge in [0.15, 0.2) is 0 Å². The van der Waals surface area contributed by atoms with Crippen LogP contribution in [0.3, 0.4) is 0 Å². The molecule has 4 rings (SSSR count). The normalized spacial score (nSPS) is 18.0. The van der Waals surface area contributed by atoms with Crippen molar-refractivity contribution in [2.24, 2.45) is 11.8 Å². The number of nitrogens with one attached hydrogen (secondary N) is 2. The van der Waals surface area contributed by atoms with Crippen LogP contribution < -0.4 is 15.4 Å². The number of hydrogen-bond donors (Lipinski definition) is 2. The smallest absolute Gasteiger partial charge is 0.317 e. The van der Waals surface area contributed by atoms with Crippen LogP contribution in [-0.4, -0.2) is 37.0 Å². The summed E-state index contributed by atoms with van der Waals surface area (Å²) in [4.78, 5) is 27.0. The summed E-state index contributed by atoms with van der Waals surface area (Å²) in [7, 11) is 1.65. The number of hydrogen-bond acceptors (Lipinski definition) is 4. The number of amides is 3. The van der Waals surface area contributed by atoms with Crippen LogP contribution in [0.15, 0.2) is 47.1 Å². The summed E-state index contributed by atoms with van der Waals surface area (Å²) in [5.41, 5.74) is 1.13. The van der Waals surface area contributed by atoms with Gasteiger partial charge in [0.25, 0.3) is 0 Å². The summed E-state index contributed by atoms with van der Waals surface area (Å²) in [5, 5.41) is 6.15. The highest BCUT2D eigenvalue weighted by atomic mass is 16.5. The van der Waals surface area contributed by atoms with Gasteiger partial charge >= 0.3 is 6.03 Å². The quantitative estimate of drug-likeness (QED) is 0.731. The second kappa shape index (κ2) is 9.24. The molecule has 30 heavy (non-hydrogen) atoms. The number of methoxy groups -OCH3 is 1. The van der Waals surface area contributed by atoms with E-state index in [1.165, 1.54) is 0 Å². The number of carbonyl (C=O) groups excluding carboxylic acids is 2. The van der Waals surface area contributed by atoms with E-state index < -0.39 is 0 Å². The molecule has 0 radical (unpaired) electrons. The highest BCUT2D eigenvalue weighted by Crippen LogP contribution is 2.41. The van der Waals surface area contributed by atoms with Crippen molar-refractivity contribution in [3.8, 4) is 5.75 Å². The lowest BCUT2D eigenvalue weighted by molar-refractivity contribution is -0.127. The molecule has 2 N–H and O–H groups in total. The van der Waals surface area contributed by atoms with E-state index in [4.69, 9.17) is 9.15 Å². The Balaban J connectivity index is 1.27. The fourth-order valence-electron chi connectivity index (χ4n) is 4.02. The van der Waals surface area contributed by atoms with Crippen LogP contribution in [0.25, 0.3) is 0 Å². The average molecular weight is 412 g/mol. The predicted molar refractivity (Wildman–Crippen MR) is 112 cm³/mol. The van der Waals surface area contributed by atoms with Gasteiger partial charge in [-0.25, -0.2) is 4.79 Å². The van der Waals surface area contributed by atoms with Crippen LogP contribution in [0, 0.1) is 11.8 Å². The Hall–Kier alpha value is -2.96. The number of furan rings is 1. The molecule has 0 bridgehead atoms. The standard InChI is InChI=1S/C23H29N3O4/c1-29-19-8-6-17(7-9-19)21(16-4-5-16)25-22(27)18-10-12-26(13-11-18)23(28)24-15-20-3-2-14-30-20/h2-3,6-9,14,16,18,21H,4-5,10-13,15H2,1H3,(H,24,28)(H,25,27). The summed E-state index contributed by atoms with van der Waals surface area (Å²) >= 11 is 0. The maximum absolute atomic E-state index is 12.9. The summed E-state index contributed by atoms with van der Waals surface area (Å²) in [6.07, 6.45) is 5.24. The van der Waals surface area contributed by atoms with Crippen LogP contribution in [0.5, 0.6) is 5.75 Å². The molecule has 1 saturated heterocycles. The van der Waals surface area contributed by atoms with Crippen LogP contribution in [0.1, 0.15) is 43.0 Å². The number of carbonyl (C=O) groups is 2. The Morgan fingerprint density at radius 2 is 1.87 bits per heavy atom. The molecular formula is C23H29N3O4. The van der Waals surface area contributed by atoms with Gasteiger partial charge in [-0.05, 0) is 61.4 Å². The van der Waals surface area contributed by atoms with E-state index in [9.17, 15) is 9.59 Å². The van der Waals surface area contributed by atoms with Gasteiger partial charge in [0.05, 0.1) is 26.0 Å². The molecule has 2 heterocycles. The number of rotatable bonds is 7. The number of benzene rings is 1. The highest BCUT2D eigenvalue weighted by molar-refractivity contribution is 5.80. The van der Waals surface area contributed by atoms with Gasteiger partial charge < -0.3 is 24.7 Å². The zero-order chi connectivity index (χ0) is 20.9. The lowest BCUT2D eigenvalue weighted by Crippen LogP contribution is -2.47. The van der Waals surface area contributed by atoms with Crippen molar-refractivity contribution in [2.75, 3.05) is 20.2 Å². The molecular weight excluding hydrogens is 382 g/mol. The number of nitrogens with zero attached hydrogens (tertiary/aromatic N) is 1. The summed E-state index contributed by atoms with van der Waals surface area (Å²) in [6.45, 7) is 1.54. The Morgan fingerprint density at radius 1 is 1.13 bits per heavy atom. The first-order valence-electron chi connectivity index (χ1n) is 10.6. The summed E-state index contributed by atoms with van der Waals surface area (Å²) in [6, 6.07) is 11.5. The van der Waals surface area contributed by atoms with Crippen LogP contribution >= 0.6 is 0 Å². The minimum Gasteiger partial charge on any atom is -0.497 e. The Morgan fingerprint density at radius 3 is 2.47 bits per heavy atom. The molecule has 2 aromatic rings. The fourth-order valence-corrected chi connectivity index (χ4v) is 4.02. The van der Waals surface area contributed by atoms with Gasteiger partial charge in [0, 0.05) is 19.0 Å². The summed E-state index contributed by atoms with van der Waals surface area (Å²) in [5.74, 6) is 2.09. The van der Waals surface area contributed by atoms with Gasteiger partial charge in [-0.2, -0.15) is 0 Å². The number of urea groups is 1. The second-order valence-electron chi connectivity index (χ2n) is 8.10. The number of piperidine rings is 1. The molecule has 7 heteroatoms. The van der Waals surface area contributed by atoms with Gasteiger partial charge in [0.1, 0.15) is 11.5 Å². The Kier molecular flexibility index (Phi) is 6.26. The SMILES string of the molecule is COc1ccc(C(NC(=O)C2CCN(C(=O)NCc3ccco3)CC2)C2CC2)cc1. The molecule has 1 unspecified atom stereocenters. The molecule has 2 aliphatic rings. The van der Waals surface area contributed by atoms with Gasteiger partial charge in [0.2, 0.25) is 5.91 Å². The first-order valence-corrected chi connectivity index (χ1v) is 10.6. The predicted octanol–water partition coefficient (Wildman–Crippen LogP) is 3.48. The maximum atomic E-state index is 12.9. The molecule has 1 aromatic heterocycles. The van der Waals surface area contributed by atoms with Gasteiger partial charge in [-0.1, -0.05) is 12.1 Å². The topological polar surface area (TPSA) is 83.8 Å². The first kappa shape index (κ1) is 20.3. The van der Waals surface area contributed by atoms with Crippen LogP contribution in [-0.2, 0) is 11.3 Å². The third kappa shape index (κ3) is 4.96. The Bertz CT molecular complexity index is 838. The van der Waals surface area contributed by atoms with E-state index in [-0.39, 0.29) is 23.9 Å². The van der Waals surface area contributed by atoms with E-state index >= 15 is 0 Å². The highest BCUT2D eigenvalue weighted by Gasteiger charge is 2.35. The zero-order valence-corrected chi connectivity index (χ0v) is 17.3. The number of likely N-dealkylation sites (tertiary alicyclic amines) is 1. The number of ether oxygens (including phenoxy) is 1. The van der Waals surface area contributed by atoms with Crippen molar-refractivity contribution in [1.29, 1.82) is 0 Å². The molecule has 1 aliphatic heterocycles. The van der Waals surface area contributed by atoms with E-state index in [1.54, 1.807) is 24.3 Å². The minimum atomic E-state index is -0.112. The largest absolute Gasteiger partial charge is 0.497 e. The molecule has 0 spiro atoms. The molecule has 1 saturated carbocycles. The van der Waals surface area contributed by atoms with Crippen molar-refractivity contribution in [3.63, 3.8) is 0 Å². The molecule has 1 atom stereocenters. The first-order chi connectivity index (χ1) is 14.6. The third-order valence-electron chi connectivity index (χ3n) is 6.01. The lowest BCUT2D eigenvalue weighted by Gasteiger charge is -2.32. The second-order valence-corrected chi connectivity index (χ2v) is 8.10. The maximum Gasteiger partial charge on any atom is 0.317 e. The average Bonchev–Trinajstić information content (AvgIpc) is 3.50. The lowest BCUT2D eigenvalue weighted by atomic mass is 9.94. The molecule has 160 valence electrons. The molecule has 2 fully saturated rings. The van der Waals surface area contributed by atoms with Crippen LogP contribution in [0.2, 0.25) is 0 Å². The van der Waals surface area contributed by atoms with E-state index in [0.717, 1.165) is 29.9 Å². The third-order valence-corrected chi connectivity index (χ3v) is 6.01. The van der Waals surface area contributed by atoms with E-state index in [0.29, 0.717) is 38.4 Å². The van der Waals surface area contributed by atoms with Crippen molar-refractivity contribution in [3.05, 3.63) is 54.0 Å². The van der Waals surface area contributed by atoms with E-state index in [2.05, 4.69) is 10.6 Å². The zero-order valence-electron chi connectivity index (χ0n) is 17.3. The van der Waals surface area contributed by atoms with Gasteiger partial charge in [-0.15, -0.1) is 0 Å². The molecule has 3 amide bonds. The van der Waals surface area contributed by atoms with Crippen molar-refractivity contribution in [1.82, 2.24) is 15.5 Å². The molecule has 1 aliphatic carbocycles. The minimum absolute atomic E-state index is 0.0537. The summed E-state index contributed by atoms with van der Waals surface area (Å²) < 4.78 is 10.5.